The van der Waals surface area contributed by atoms with E-state index < -0.39 is 0 Å². The van der Waals surface area contributed by atoms with E-state index in [1.807, 2.05) is 72.8 Å². The smallest absolute Gasteiger partial charge is 0.124 e. The summed E-state index contributed by atoms with van der Waals surface area (Å²) in [6.45, 7) is 1.66. The predicted octanol–water partition coefficient (Wildman–Crippen LogP) is 4.77. The summed E-state index contributed by atoms with van der Waals surface area (Å²) in [6.07, 6.45) is 0. The van der Waals surface area contributed by atoms with Crippen LogP contribution in [0, 0.1) is 0 Å². The van der Waals surface area contributed by atoms with E-state index in [1.165, 1.54) is 0 Å². The Hall–Kier alpha value is -3.14. The fourth-order valence-corrected chi connectivity index (χ4v) is 2.55. The van der Waals surface area contributed by atoms with Gasteiger partial charge in [0, 0.05) is 23.9 Å². The summed E-state index contributed by atoms with van der Waals surface area (Å²) < 4.78 is 16.8. The van der Waals surface area contributed by atoms with Crippen molar-refractivity contribution < 1.29 is 14.2 Å². The van der Waals surface area contributed by atoms with Gasteiger partial charge in [0.15, 0.2) is 0 Å². The number of rotatable bonds is 9. The maximum atomic E-state index is 5.90. The minimum Gasteiger partial charge on any atom is -0.497 e. The Morgan fingerprint density at radius 3 is 2.31 bits per heavy atom. The Bertz CT molecular complexity index is 805. The molecule has 0 atom stereocenters. The summed E-state index contributed by atoms with van der Waals surface area (Å²) in [5.41, 5.74) is 2.10. The van der Waals surface area contributed by atoms with Crippen molar-refractivity contribution in [3.05, 3.63) is 84.4 Å². The zero-order valence-corrected chi connectivity index (χ0v) is 14.9. The van der Waals surface area contributed by atoms with E-state index >= 15 is 0 Å². The zero-order valence-electron chi connectivity index (χ0n) is 14.9. The minimum atomic E-state index is 0.491. The third kappa shape index (κ3) is 5.18. The van der Waals surface area contributed by atoms with Crippen LogP contribution in [0.25, 0.3) is 0 Å². The summed E-state index contributed by atoms with van der Waals surface area (Å²) in [5, 5.41) is 3.40. The van der Waals surface area contributed by atoms with E-state index in [0.29, 0.717) is 19.8 Å². The Balaban J connectivity index is 1.52. The molecule has 26 heavy (non-hydrogen) atoms. The third-order valence-electron chi connectivity index (χ3n) is 3.88. The lowest BCUT2D eigenvalue weighted by atomic mass is 10.2. The van der Waals surface area contributed by atoms with Gasteiger partial charge in [0.05, 0.1) is 7.11 Å². The lowest BCUT2D eigenvalue weighted by Crippen LogP contribution is -2.10. The molecule has 0 spiro atoms. The number of nitrogens with one attached hydrogen (secondary N) is 1. The van der Waals surface area contributed by atoms with Gasteiger partial charge in [-0.2, -0.15) is 0 Å². The molecule has 4 heteroatoms. The van der Waals surface area contributed by atoms with Gasteiger partial charge >= 0.3 is 0 Å². The summed E-state index contributed by atoms with van der Waals surface area (Å²) in [6, 6.07) is 25.6. The maximum Gasteiger partial charge on any atom is 0.124 e. The molecule has 0 aliphatic heterocycles. The van der Waals surface area contributed by atoms with Crippen LogP contribution in [-0.2, 0) is 6.54 Å². The highest BCUT2D eigenvalue weighted by Crippen LogP contribution is 2.21. The second kappa shape index (κ2) is 9.37. The van der Waals surface area contributed by atoms with Crippen molar-refractivity contribution in [1.29, 1.82) is 0 Å². The highest BCUT2D eigenvalue weighted by molar-refractivity contribution is 5.49. The fourth-order valence-electron chi connectivity index (χ4n) is 2.55. The van der Waals surface area contributed by atoms with Crippen molar-refractivity contribution in [1.82, 2.24) is 0 Å². The summed E-state index contributed by atoms with van der Waals surface area (Å²) >= 11 is 0. The highest BCUT2D eigenvalue weighted by atomic mass is 16.5. The van der Waals surface area contributed by atoms with Gasteiger partial charge in [0.25, 0.3) is 0 Å². The first-order valence-electron chi connectivity index (χ1n) is 8.61. The van der Waals surface area contributed by atoms with Gasteiger partial charge in [-0.25, -0.2) is 0 Å². The topological polar surface area (TPSA) is 39.7 Å². The molecule has 3 aromatic carbocycles. The van der Waals surface area contributed by atoms with Crippen molar-refractivity contribution >= 4 is 5.69 Å². The Morgan fingerprint density at radius 1 is 0.731 bits per heavy atom. The number of methoxy groups -OCH3 is 1. The van der Waals surface area contributed by atoms with Crippen molar-refractivity contribution in [2.45, 2.75) is 6.54 Å². The molecule has 0 amide bonds. The number of benzene rings is 3. The average Bonchev–Trinajstić information content (AvgIpc) is 2.71. The predicted molar refractivity (Wildman–Crippen MR) is 104 cm³/mol. The van der Waals surface area contributed by atoms with Gasteiger partial charge in [0.2, 0.25) is 0 Å². The van der Waals surface area contributed by atoms with E-state index in [0.717, 1.165) is 28.5 Å². The van der Waals surface area contributed by atoms with E-state index in [9.17, 15) is 0 Å². The van der Waals surface area contributed by atoms with Crippen molar-refractivity contribution in [2.75, 3.05) is 25.6 Å². The number of hydrogen-bond acceptors (Lipinski definition) is 4. The van der Waals surface area contributed by atoms with Crippen LogP contribution in [0.2, 0.25) is 0 Å². The van der Waals surface area contributed by atoms with Crippen LogP contribution in [0.4, 0.5) is 5.69 Å². The molecule has 0 radical (unpaired) electrons. The molecule has 0 heterocycles. The first kappa shape index (κ1) is 17.7. The van der Waals surface area contributed by atoms with Crippen molar-refractivity contribution in [2.24, 2.45) is 0 Å². The Labute approximate surface area is 154 Å². The van der Waals surface area contributed by atoms with Crippen LogP contribution in [0.5, 0.6) is 17.2 Å². The molecular weight excluding hydrogens is 326 g/mol. The van der Waals surface area contributed by atoms with E-state index in [-0.39, 0.29) is 0 Å². The number of anilines is 1. The molecule has 0 saturated carbocycles. The molecule has 0 fully saturated rings. The monoisotopic (exact) mass is 349 g/mol. The van der Waals surface area contributed by atoms with Crippen molar-refractivity contribution in [3.8, 4) is 17.2 Å². The molecule has 134 valence electrons. The second-order valence-electron chi connectivity index (χ2n) is 5.70. The lowest BCUT2D eigenvalue weighted by molar-refractivity contribution is 0.216. The van der Waals surface area contributed by atoms with Crippen molar-refractivity contribution in [3.63, 3.8) is 0 Å². The molecule has 0 unspecified atom stereocenters. The standard InChI is InChI=1S/C22H23NO3/c1-24-21-12-7-9-19(16-21)23-17-18-8-5-6-13-22(18)26-15-14-25-20-10-3-2-4-11-20/h2-13,16,23H,14-15,17H2,1H3. The fraction of sp³-hybridized carbons (Fsp3) is 0.182. The maximum absolute atomic E-state index is 5.90. The minimum absolute atomic E-state index is 0.491. The quantitative estimate of drug-likeness (QED) is 0.565. The number of para-hydroxylation sites is 2. The summed E-state index contributed by atoms with van der Waals surface area (Å²) in [5.74, 6) is 2.54. The third-order valence-corrected chi connectivity index (χ3v) is 3.88. The largest absolute Gasteiger partial charge is 0.497 e. The molecule has 0 aliphatic rings. The normalized spacial score (nSPS) is 10.2. The van der Waals surface area contributed by atoms with Gasteiger partial charge in [-0.3, -0.25) is 0 Å². The first-order valence-corrected chi connectivity index (χ1v) is 8.61. The van der Waals surface area contributed by atoms with Crippen LogP contribution in [0.15, 0.2) is 78.9 Å². The van der Waals surface area contributed by atoms with Gasteiger partial charge in [0.1, 0.15) is 30.5 Å². The average molecular weight is 349 g/mol. The van der Waals surface area contributed by atoms with E-state index in [2.05, 4.69) is 11.4 Å². The molecule has 3 aromatic rings. The molecule has 4 nitrogen and oxygen atoms in total. The molecular formula is C22H23NO3. The zero-order chi connectivity index (χ0) is 18.0. The number of hydrogen-bond donors (Lipinski definition) is 1. The van der Waals surface area contributed by atoms with Crippen LogP contribution in [-0.4, -0.2) is 20.3 Å². The van der Waals surface area contributed by atoms with Crippen LogP contribution >= 0.6 is 0 Å². The van der Waals surface area contributed by atoms with E-state index in [1.54, 1.807) is 7.11 Å². The van der Waals surface area contributed by atoms with Crippen LogP contribution in [0.3, 0.4) is 0 Å². The lowest BCUT2D eigenvalue weighted by Gasteiger charge is -2.13. The van der Waals surface area contributed by atoms with Gasteiger partial charge in [-0.1, -0.05) is 42.5 Å². The number of ether oxygens (including phenoxy) is 3. The Kier molecular flexibility index (Phi) is 6.37. The molecule has 0 aliphatic carbocycles. The van der Waals surface area contributed by atoms with Gasteiger partial charge in [-0.05, 0) is 30.3 Å². The van der Waals surface area contributed by atoms with Crippen LogP contribution < -0.4 is 19.5 Å². The van der Waals surface area contributed by atoms with Crippen LogP contribution in [0.1, 0.15) is 5.56 Å². The first-order chi connectivity index (χ1) is 12.8. The molecule has 0 bridgehead atoms. The molecule has 0 saturated heterocycles. The SMILES string of the molecule is COc1cccc(NCc2ccccc2OCCOc2ccccc2)c1. The molecule has 0 aromatic heterocycles. The molecule has 3 rings (SSSR count). The Morgan fingerprint density at radius 2 is 1.46 bits per heavy atom. The summed E-state index contributed by atoms with van der Waals surface area (Å²) in [4.78, 5) is 0. The highest BCUT2D eigenvalue weighted by Gasteiger charge is 2.04. The van der Waals surface area contributed by atoms with E-state index in [4.69, 9.17) is 14.2 Å². The summed E-state index contributed by atoms with van der Waals surface area (Å²) in [7, 11) is 1.67. The van der Waals surface area contributed by atoms with Gasteiger partial charge < -0.3 is 19.5 Å². The van der Waals surface area contributed by atoms with Gasteiger partial charge in [-0.15, -0.1) is 0 Å². The second-order valence-corrected chi connectivity index (χ2v) is 5.70. The molecule has 1 N–H and O–H groups in total.